The van der Waals surface area contributed by atoms with Gasteiger partial charge in [0.05, 0.1) is 0 Å². The van der Waals surface area contributed by atoms with Gasteiger partial charge in [-0.25, -0.2) is 0 Å². The summed E-state index contributed by atoms with van der Waals surface area (Å²) in [6.07, 6.45) is 0. The van der Waals surface area contributed by atoms with Crippen molar-refractivity contribution in [3.05, 3.63) is 170 Å². The molecule has 0 fully saturated rings. The first-order valence-electron chi connectivity index (χ1n) is 26.0. The molecule has 16 heteroatoms. The number of anilines is 12. The van der Waals surface area contributed by atoms with Crippen LogP contribution in [0.4, 0.5) is 68.2 Å². The molecular formula is C62H40B2N8O4Pt2. The Morgan fingerprint density at radius 1 is 0.295 bits per heavy atom. The summed E-state index contributed by atoms with van der Waals surface area (Å²) in [6.45, 7) is -0.615. The van der Waals surface area contributed by atoms with Crippen molar-refractivity contribution in [2.24, 2.45) is 0 Å². The molecule has 8 bridgehead atoms. The molecule has 0 amide bonds. The summed E-state index contributed by atoms with van der Waals surface area (Å²) < 4.78 is 34.8. The number of para-hydroxylation sites is 8. The van der Waals surface area contributed by atoms with Crippen molar-refractivity contribution in [1.82, 2.24) is 0 Å². The second-order valence-electron chi connectivity index (χ2n) is 21.0. The fourth-order valence-corrected chi connectivity index (χ4v) is 20.3. The molecule has 10 heterocycles. The number of rotatable bonds is 0. The Hall–Kier alpha value is -8.43. The summed E-state index contributed by atoms with van der Waals surface area (Å²) in [5.74, 6) is 5.78. The van der Waals surface area contributed by atoms with Crippen molar-refractivity contribution in [2.45, 2.75) is 0 Å². The van der Waals surface area contributed by atoms with Crippen LogP contribution in [0, 0.1) is 0 Å². The molecule has 0 aliphatic carbocycles. The minimum absolute atomic E-state index is 0.307. The second-order valence-corrected chi connectivity index (χ2v) is 26.2. The van der Waals surface area contributed by atoms with E-state index >= 15 is 0 Å². The third kappa shape index (κ3) is 5.22. The summed E-state index contributed by atoms with van der Waals surface area (Å²) >= 11 is -1.61. The fraction of sp³-hybridized carbons (Fsp3) is 0.0645. The predicted octanol–water partition coefficient (Wildman–Crippen LogP) is 8.04. The van der Waals surface area contributed by atoms with Gasteiger partial charge in [-0.05, 0) is 0 Å². The first-order valence-corrected chi connectivity index (χ1v) is 30.6. The third-order valence-corrected chi connectivity index (χ3v) is 24.1. The van der Waals surface area contributed by atoms with Crippen LogP contribution in [0.5, 0.6) is 46.0 Å². The molecule has 0 spiro atoms. The van der Waals surface area contributed by atoms with Crippen LogP contribution >= 0.6 is 0 Å². The van der Waals surface area contributed by atoms with Gasteiger partial charge in [0.25, 0.3) is 0 Å². The van der Waals surface area contributed by atoms with Gasteiger partial charge in [0.2, 0.25) is 0 Å². The Morgan fingerprint density at radius 3 is 0.769 bits per heavy atom. The fourth-order valence-electron chi connectivity index (χ4n) is 13.5. The third-order valence-electron chi connectivity index (χ3n) is 17.0. The van der Waals surface area contributed by atoms with Crippen molar-refractivity contribution < 1.29 is 54.2 Å². The van der Waals surface area contributed by atoms with E-state index in [1.165, 1.54) is 39.3 Å². The van der Waals surface area contributed by atoms with Gasteiger partial charge >= 0.3 is 469 Å². The van der Waals surface area contributed by atoms with Crippen molar-refractivity contribution in [2.75, 3.05) is 67.4 Å². The Kier molecular flexibility index (Phi) is 8.08. The van der Waals surface area contributed by atoms with Crippen LogP contribution in [0.3, 0.4) is 0 Å². The van der Waals surface area contributed by atoms with E-state index in [-0.39, 0.29) is 13.4 Å². The molecule has 0 saturated heterocycles. The molecule has 10 aliphatic rings. The van der Waals surface area contributed by atoms with Crippen molar-refractivity contribution in [3.8, 4) is 46.0 Å². The van der Waals surface area contributed by atoms with Crippen LogP contribution in [0.15, 0.2) is 170 Å². The summed E-state index contributed by atoms with van der Waals surface area (Å²) in [4.78, 5) is 19.6. The molecule has 19 rings (SSSR count). The Labute approximate surface area is 465 Å². The van der Waals surface area contributed by atoms with Gasteiger partial charge in [-0.1, -0.05) is 0 Å². The van der Waals surface area contributed by atoms with E-state index in [2.05, 4.69) is 237 Å². The molecule has 78 heavy (non-hydrogen) atoms. The van der Waals surface area contributed by atoms with E-state index in [0.29, 0.717) is 23.0 Å². The van der Waals surface area contributed by atoms with Gasteiger partial charge in [0, 0.05) is 0 Å². The molecule has 0 aromatic heterocycles. The SMILES string of the molecule is CN1[C]2=[Pt]=[C]3N(C)c4ccccc4N3c3ccc4c(c3)B3c5cc(ccc5Oc5c6c7c(c(c53)O4)Oc3ccc4cc3B7c3cc(ccc3O6)N3[C](=[Pt]=[C]5N(C)c6ccccc6N54)N(C)c4ccccc43)N2c2ccccc21. The summed E-state index contributed by atoms with van der Waals surface area (Å²) in [5.41, 5.74) is 19.8. The van der Waals surface area contributed by atoms with Crippen LogP contribution in [-0.2, 0) is 35.3 Å². The number of ether oxygens (including phenoxy) is 4. The van der Waals surface area contributed by atoms with Crippen LogP contribution in [0.1, 0.15) is 0 Å². The number of benzene rings is 9. The van der Waals surface area contributed by atoms with Gasteiger partial charge in [-0.15, -0.1) is 0 Å². The van der Waals surface area contributed by atoms with Gasteiger partial charge in [0.15, 0.2) is 0 Å². The van der Waals surface area contributed by atoms with E-state index in [9.17, 15) is 0 Å². The molecular weight excluding hydrogens is 1330 g/mol. The number of fused-ring (bicyclic) bond motifs is 22. The zero-order chi connectivity index (χ0) is 51.1. The number of hydrogen-bond donors (Lipinski definition) is 0. The molecule has 0 unspecified atom stereocenters. The maximum atomic E-state index is 7.44. The van der Waals surface area contributed by atoms with Gasteiger partial charge in [-0.3, -0.25) is 0 Å². The zero-order valence-corrected chi connectivity index (χ0v) is 46.7. The molecule has 0 N–H and O–H groups in total. The molecule has 9 aromatic carbocycles. The average Bonchev–Trinajstić information content (AvgIpc) is 3.18. The van der Waals surface area contributed by atoms with Crippen LogP contribution in [-0.4, -0.2) is 58.2 Å². The Morgan fingerprint density at radius 2 is 0.526 bits per heavy atom. The van der Waals surface area contributed by atoms with Crippen molar-refractivity contribution in [1.29, 1.82) is 0 Å². The summed E-state index contributed by atoms with van der Waals surface area (Å²) in [7, 11) is 8.88. The summed E-state index contributed by atoms with van der Waals surface area (Å²) in [6, 6.07) is 62.2. The predicted molar refractivity (Wildman–Crippen MR) is 310 cm³/mol. The molecule has 378 valence electrons. The van der Waals surface area contributed by atoms with E-state index in [0.717, 1.165) is 101 Å². The molecule has 0 radical (unpaired) electrons. The van der Waals surface area contributed by atoms with Crippen molar-refractivity contribution in [3.63, 3.8) is 0 Å². The normalized spacial score (nSPS) is 17.1. The first kappa shape index (κ1) is 42.7. The quantitative estimate of drug-likeness (QED) is 0.138. The molecule has 12 nitrogen and oxygen atoms in total. The van der Waals surface area contributed by atoms with Gasteiger partial charge in [-0.2, -0.15) is 0 Å². The van der Waals surface area contributed by atoms with E-state index < -0.39 is 35.3 Å². The standard InChI is InChI=1S/C62H40B2N8O4.2Pt/c1-65-33-69(49-17-9-5-13-45(49)65)37-21-25-53-41(29-37)63-42-30-38(70-34-66(2)46-14-6-10-18-50(46)70)22-26-54(42)74-60-57(63)59(73-53)61-58-62(60)76-56-28-24-40(72-36-68(4)48-16-8-12-20-52(48)72)32-44(56)64(58)43-31-39(23-27-55(43)75-61)71-35-67(3)47-15-7-11-19-51(47)71;;/h5-32H,1-4H3;;. The van der Waals surface area contributed by atoms with Crippen LogP contribution < -0.4 is 90.9 Å². The molecule has 0 atom stereocenters. The molecule has 9 aromatic rings. The number of nitrogens with zero attached hydrogens (tertiary/aromatic N) is 8. The van der Waals surface area contributed by atoms with E-state index in [4.69, 9.17) is 18.9 Å². The first-order chi connectivity index (χ1) is 38.3. The molecule has 0 saturated carbocycles. The van der Waals surface area contributed by atoms with E-state index in [1.807, 2.05) is 0 Å². The minimum atomic E-state index is -0.805. The van der Waals surface area contributed by atoms with Gasteiger partial charge < -0.3 is 0 Å². The second kappa shape index (κ2) is 14.8. The number of hydrogen-bond acceptors (Lipinski definition) is 12. The Balaban J connectivity index is 0.875. The summed E-state index contributed by atoms with van der Waals surface area (Å²) in [5, 5.41) is 0. The Bertz CT molecular complexity index is 4000. The maximum absolute atomic E-state index is 7.44. The topological polar surface area (TPSA) is 62.8 Å². The molecule has 10 aliphatic heterocycles. The average molecular weight is 1370 g/mol. The zero-order valence-electron chi connectivity index (χ0n) is 42.2. The van der Waals surface area contributed by atoms with Crippen LogP contribution in [0.25, 0.3) is 0 Å². The van der Waals surface area contributed by atoms with Crippen molar-refractivity contribution >= 4 is 131 Å². The van der Waals surface area contributed by atoms with E-state index in [1.54, 1.807) is 0 Å². The van der Waals surface area contributed by atoms with Crippen LogP contribution in [0.2, 0.25) is 0 Å². The van der Waals surface area contributed by atoms with Gasteiger partial charge in [0.1, 0.15) is 0 Å². The monoisotopic (exact) mass is 1370 g/mol.